The van der Waals surface area contributed by atoms with Crippen molar-refractivity contribution in [3.63, 3.8) is 0 Å². The molecule has 3 rings (SSSR count). The minimum absolute atomic E-state index is 0.322. The number of carbonyl (C=O) groups excluding carboxylic acids is 1. The van der Waals surface area contributed by atoms with E-state index in [1.807, 2.05) is 6.08 Å². The number of rotatable bonds is 4. The van der Waals surface area contributed by atoms with Crippen molar-refractivity contribution in [3.05, 3.63) is 29.8 Å². The SMILES string of the molecule is CC(C)N1CCN(c2cccc(C3(N=C=O)CCCC3)c2)CC1. The molecular formula is C19H27N3O. The minimum Gasteiger partial charge on any atom is -0.369 e. The second kappa shape index (κ2) is 6.86. The Morgan fingerprint density at radius 3 is 2.43 bits per heavy atom. The van der Waals surface area contributed by atoms with Crippen molar-refractivity contribution in [2.24, 2.45) is 4.99 Å². The average molecular weight is 313 g/mol. The molecule has 1 aromatic carbocycles. The van der Waals surface area contributed by atoms with Gasteiger partial charge in [0.1, 0.15) is 0 Å². The molecule has 4 nitrogen and oxygen atoms in total. The monoisotopic (exact) mass is 313 g/mol. The topological polar surface area (TPSA) is 35.9 Å². The first-order valence-corrected chi connectivity index (χ1v) is 8.83. The van der Waals surface area contributed by atoms with Crippen LogP contribution in [0.2, 0.25) is 0 Å². The molecule has 0 N–H and O–H groups in total. The van der Waals surface area contributed by atoms with Gasteiger partial charge in [-0.15, -0.1) is 0 Å². The molecule has 0 atom stereocenters. The third-order valence-corrected chi connectivity index (χ3v) is 5.48. The first-order chi connectivity index (χ1) is 11.1. The fraction of sp³-hybridized carbons (Fsp3) is 0.632. The summed E-state index contributed by atoms with van der Waals surface area (Å²) in [6.45, 7) is 8.87. The number of hydrogen-bond donors (Lipinski definition) is 0. The van der Waals surface area contributed by atoms with Crippen LogP contribution in [0.3, 0.4) is 0 Å². The Labute approximate surface area is 139 Å². The van der Waals surface area contributed by atoms with Gasteiger partial charge in [-0.25, -0.2) is 4.79 Å². The Morgan fingerprint density at radius 2 is 1.83 bits per heavy atom. The molecule has 4 heteroatoms. The first-order valence-electron chi connectivity index (χ1n) is 8.83. The maximum Gasteiger partial charge on any atom is 0.235 e. The van der Waals surface area contributed by atoms with Gasteiger partial charge in [0.25, 0.3) is 0 Å². The molecule has 2 aliphatic rings. The van der Waals surface area contributed by atoms with Gasteiger partial charge in [-0.2, -0.15) is 4.99 Å². The molecule has 1 saturated carbocycles. The second-order valence-corrected chi connectivity index (χ2v) is 7.11. The molecular weight excluding hydrogens is 286 g/mol. The maximum atomic E-state index is 10.9. The van der Waals surface area contributed by atoms with Gasteiger partial charge in [0.2, 0.25) is 6.08 Å². The maximum absolute atomic E-state index is 10.9. The van der Waals surface area contributed by atoms with Gasteiger partial charge in [-0.1, -0.05) is 25.0 Å². The van der Waals surface area contributed by atoms with Gasteiger partial charge >= 0.3 is 0 Å². The molecule has 0 amide bonds. The standard InChI is InChI=1S/C19H27N3O/c1-16(2)21-10-12-22(13-11-21)18-7-5-6-17(14-18)19(20-15-23)8-3-4-9-19/h5-7,14,16H,3-4,8-13H2,1-2H3. The summed E-state index contributed by atoms with van der Waals surface area (Å²) in [5.74, 6) is 0. The lowest BCUT2D eigenvalue weighted by Gasteiger charge is -2.38. The highest BCUT2D eigenvalue weighted by molar-refractivity contribution is 5.51. The average Bonchev–Trinajstić information content (AvgIpc) is 3.05. The molecule has 1 saturated heterocycles. The van der Waals surface area contributed by atoms with Crippen molar-refractivity contribution in [2.45, 2.75) is 51.1 Å². The molecule has 1 heterocycles. The number of isocyanates is 1. The number of aliphatic imine (C=N–C) groups is 1. The number of nitrogens with zero attached hydrogens (tertiary/aromatic N) is 3. The second-order valence-electron chi connectivity index (χ2n) is 7.11. The summed E-state index contributed by atoms with van der Waals surface area (Å²) >= 11 is 0. The Hall–Kier alpha value is -1.64. The van der Waals surface area contributed by atoms with E-state index in [-0.39, 0.29) is 5.54 Å². The van der Waals surface area contributed by atoms with Crippen molar-refractivity contribution in [3.8, 4) is 0 Å². The smallest absolute Gasteiger partial charge is 0.235 e. The molecule has 1 aromatic rings. The van der Waals surface area contributed by atoms with Gasteiger partial charge in [0.05, 0.1) is 5.54 Å². The molecule has 1 aliphatic carbocycles. The zero-order chi connectivity index (χ0) is 16.3. The van der Waals surface area contributed by atoms with Crippen LogP contribution >= 0.6 is 0 Å². The lowest BCUT2D eigenvalue weighted by molar-refractivity contribution is 0.209. The third kappa shape index (κ3) is 3.34. The number of benzene rings is 1. The number of hydrogen-bond acceptors (Lipinski definition) is 4. The van der Waals surface area contributed by atoms with E-state index in [1.165, 1.54) is 11.3 Å². The molecule has 0 bridgehead atoms. The van der Waals surface area contributed by atoms with Crippen molar-refractivity contribution in [2.75, 3.05) is 31.1 Å². The van der Waals surface area contributed by atoms with Gasteiger partial charge < -0.3 is 4.90 Å². The molecule has 1 aliphatic heterocycles. The van der Waals surface area contributed by atoms with Crippen LogP contribution in [0, 0.1) is 0 Å². The summed E-state index contributed by atoms with van der Waals surface area (Å²) in [5.41, 5.74) is 2.12. The molecule has 0 radical (unpaired) electrons. The van der Waals surface area contributed by atoms with Crippen LogP contribution < -0.4 is 4.90 Å². The minimum atomic E-state index is -0.322. The summed E-state index contributed by atoms with van der Waals surface area (Å²) in [6, 6.07) is 9.28. The van der Waals surface area contributed by atoms with Crippen LogP contribution in [0.15, 0.2) is 29.3 Å². The van der Waals surface area contributed by atoms with Crippen LogP contribution in [-0.4, -0.2) is 43.2 Å². The molecule has 23 heavy (non-hydrogen) atoms. The Morgan fingerprint density at radius 1 is 1.13 bits per heavy atom. The molecule has 0 aromatic heterocycles. The van der Waals surface area contributed by atoms with E-state index in [0.717, 1.165) is 51.9 Å². The highest BCUT2D eigenvalue weighted by Gasteiger charge is 2.36. The van der Waals surface area contributed by atoms with Gasteiger partial charge in [-0.05, 0) is 44.4 Å². The number of anilines is 1. The zero-order valence-corrected chi connectivity index (χ0v) is 14.3. The van der Waals surface area contributed by atoms with Crippen LogP contribution in [0.25, 0.3) is 0 Å². The van der Waals surface area contributed by atoms with Crippen molar-refractivity contribution >= 4 is 11.8 Å². The van der Waals surface area contributed by atoms with Crippen LogP contribution in [-0.2, 0) is 10.3 Å². The third-order valence-electron chi connectivity index (χ3n) is 5.48. The van der Waals surface area contributed by atoms with E-state index in [2.05, 4.69) is 52.9 Å². The molecule has 124 valence electrons. The fourth-order valence-corrected chi connectivity index (χ4v) is 4.00. The molecule has 2 fully saturated rings. The molecule has 0 unspecified atom stereocenters. The van der Waals surface area contributed by atoms with E-state index in [9.17, 15) is 4.79 Å². The summed E-state index contributed by atoms with van der Waals surface area (Å²) < 4.78 is 0. The van der Waals surface area contributed by atoms with E-state index in [1.54, 1.807) is 0 Å². The van der Waals surface area contributed by atoms with E-state index in [4.69, 9.17) is 0 Å². The summed E-state index contributed by atoms with van der Waals surface area (Å²) in [5, 5.41) is 0. The Bertz CT molecular complexity index is 578. The normalized spacial score (nSPS) is 21.4. The lowest BCUT2D eigenvalue weighted by Crippen LogP contribution is -2.48. The highest BCUT2D eigenvalue weighted by atomic mass is 16.1. The fourth-order valence-electron chi connectivity index (χ4n) is 4.00. The van der Waals surface area contributed by atoms with Crippen LogP contribution in [0.5, 0.6) is 0 Å². The van der Waals surface area contributed by atoms with Crippen molar-refractivity contribution in [1.29, 1.82) is 0 Å². The zero-order valence-electron chi connectivity index (χ0n) is 14.3. The quantitative estimate of drug-likeness (QED) is 0.632. The van der Waals surface area contributed by atoms with E-state index in [0.29, 0.717) is 6.04 Å². The largest absolute Gasteiger partial charge is 0.369 e. The van der Waals surface area contributed by atoms with Crippen molar-refractivity contribution < 1.29 is 4.79 Å². The molecule has 0 spiro atoms. The van der Waals surface area contributed by atoms with Crippen molar-refractivity contribution in [1.82, 2.24) is 4.90 Å². The highest BCUT2D eigenvalue weighted by Crippen LogP contribution is 2.42. The van der Waals surface area contributed by atoms with Gasteiger partial charge in [0, 0.05) is 37.9 Å². The van der Waals surface area contributed by atoms with E-state index >= 15 is 0 Å². The van der Waals surface area contributed by atoms with Crippen LogP contribution in [0.4, 0.5) is 5.69 Å². The van der Waals surface area contributed by atoms with Gasteiger partial charge in [-0.3, -0.25) is 4.90 Å². The van der Waals surface area contributed by atoms with Gasteiger partial charge in [0.15, 0.2) is 0 Å². The predicted octanol–water partition coefficient (Wildman–Crippen LogP) is 3.32. The summed E-state index contributed by atoms with van der Waals surface area (Å²) in [7, 11) is 0. The summed E-state index contributed by atoms with van der Waals surface area (Å²) in [4.78, 5) is 20.1. The Balaban J connectivity index is 1.79. The lowest BCUT2D eigenvalue weighted by atomic mass is 9.88. The first kappa shape index (κ1) is 16.2. The number of piperazine rings is 1. The predicted molar refractivity (Wildman–Crippen MR) is 93.6 cm³/mol. The Kier molecular flexibility index (Phi) is 4.84. The summed E-state index contributed by atoms with van der Waals surface area (Å²) in [6.07, 6.45) is 6.03. The van der Waals surface area contributed by atoms with Crippen LogP contribution in [0.1, 0.15) is 45.1 Å². The van der Waals surface area contributed by atoms with E-state index < -0.39 is 0 Å².